The topological polar surface area (TPSA) is 104 Å². The Morgan fingerprint density at radius 1 is 1.00 bits per heavy atom. The van der Waals surface area contributed by atoms with E-state index in [0.29, 0.717) is 22.3 Å². The number of esters is 1. The smallest absolute Gasteiger partial charge is 0.413 e. The summed E-state index contributed by atoms with van der Waals surface area (Å²) in [5.41, 5.74) is 2.20. The van der Waals surface area contributed by atoms with Crippen LogP contribution in [0.1, 0.15) is 17.3 Å². The maximum atomic E-state index is 12.8. The van der Waals surface area contributed by atoms with E-state index in [1.54, 1.807) is 31.2 Å². The highest BCUT2D eigenvalue weighted by atomic mass is 16.6. The largest absolute Gasteiger partial charge is 0.497 e. The molecule has 0 saturated heterocycles. The number of hydrogen-bond donors (Lipinski definition) is 1. The number of amides is 2. The molecule has 3 rings (SSSR count). The summed E-state index contributed by atoms with van der Waals surface area (Å²) in [6, 6.07) is 16.1. The van der Waals surface area contributed by atoms with Gasteiger partial charge >= 0.3 is 12.1 Å². The Morgan fingerprint density at radius 2 is 1.77 bits per heavy atom. The van der Waals surface area contributed by atoms with E-state index in [4.69, 9.17) is 9.47 Å². The summed E-state index contributed by atoms with van der Waals surface area (Å²) in [4.78, 5) is 40.5. The van der Waals surface area contributed by atoms with E-state index in [0.717, 1.165) is 5.56 Å². The summed E-state index contributed by atoms with van der Waals surface area (Å²) in [5, 5.41) is 2.49. The average molecular weight is 408 g/mol. The second-order valence-electron chi connectivity index (χ2n) is 6.15. The molecule has 1 heterocycles. The number of fused-ring (bicyclic) bond motifs is 1. The third-order valence-corrected chi connectivity index (χ3v) is 4.16. The second-order valence-corrected chi connectivity index (χ2v) is 6.15. The molecule has 8 heteroatoms. The van der Waals surface area contributed by atoms with Crippen LogP contribution in [0.5, 0.6) is 5.75 Å². The summed E-state index contributed by atoms with van der Waals surface area (Å²) in [7, 11) is 1.52. The maximum absolute atomic E-state index is 12.8. The minimum absolute atomic E-state index is 0.117. The number of imide groups is 1. The standard InChI is InChI=1S/C22H20N2O6/c1-3-29-22(27)24-20(25)13-30-21(26)17-12-19(14-7-5-4-6-8-14)23-18-10-9-15(28-2)11-16(17)18/h4-12H,3,13H2,1-2H3,(H,24,25,27). The van der Waals surface area contributed by atoms with Crippen LogP contribution in [0, 0.1) is 0 Å². The number of carbonyl (C=O) groups is 3. The van der Waals surface area contributed by atoms with Crippen molar-refractivity contribution < 1.29 is 28.6 Å². The molecule has 154 valence electrons. The van der Waals surface area contributed by atoms with Gasteiger partial charge in [0.1, 0.15) is 5.75 Å². The predicted octanol–water partition coefficient (Wildman–Crippen LogP) is 3.34. The molecule has 1 N–H and O–H groups in total. The number of benzene rings is 2. The molecule has 3 aromatic rings. The van der Waals surface area contributed by atoms with Crippen LogP contribution < -0.4 is 10.1 Å². The van der Waals surface area contributed by atoms with Crippen molar-refractivity contribution in [3.63, 3.8) is 0 Å². The first kappa shape index (κ1) is 20.8. The fraction of sp³-hybridized carbons (Fsp3) is 0.182. The van der Waals surface area contributed by atoms with Gasteiger partial charge in [-0.15, -0.1) is 0 Å². The lowest BCUT2D eigenvalue weighted by atomic mass is 10.0. The van der Waals surface area contributed by atoms with Gasteiger partial charge in [0.25, 0.3) is 5.91 Å². The SMILES string of the molecule is CCOC(=O)NC(=O)COC(=O)c1cc(-c2ccccc2)nc2ccc(OC)cc12. The van der Waals surface area contributed by atoms with Crippen molar-refractivity contribution in [1.29, 1.82) is 0 Å². The Hall–Kier alpha value is -3.94. The van der Waals surface area contributed by atoms with E-state index in [2.05, 4.69) is 9.72 Å². The van der Waals surface area contributed by atoms with E-state index >= 15 is 0 Å². The highest BCUT2D eigenvalue weighted by Crippen LogP contribution is 2.28. The molecule has 8 nitrogen and oxygen atoms in total. The summed E-state index contributed by atoms with van der Waals surface area (Å²) >= 11 is 0. The summed E-state index contributed by atoms with van der Waals surface area (Å²) in [6.45, 7) is 1.09. The molecule has 0 radical (unpaired) electrons. The predicted molar refractivity (Wildman–Crippen MR) is 109 cm³/mol. The molecule has 0 spiro atoms. The number of carbonyl (C=O) groups excluding carboxylic acids is 3. The number of alkyl carbamates (subject to hydrolysis) is 1. The third-order valence-electron chi connectivity index (χ3n) is 4.16. The molecule has 2 aromatic carbocycles. The Morgan fingerprint density at radius 3 is 2.47 bits per heavy atom. The van der Waals surface area contributed by atoms with Crippen molar-refractivity contribution in [2.24, 2.45) is 0 Å². The van der Waals surface area contributed by atoms with E-state index < -0.39 is 24.6 Å². The molecular weight excluding hydrogens is 388 g/mol. The fourth-order valence-corrected chi connectivity index (χ4v) is 2.78. The van der Waals surface area contributed by atoms with Gasteiger partial charge in [0.05, 0.1) is 30.5 Å². The number of aromatic nitrogens is 1. The number of ether oxygens (including phenoxy) is 3. The first-order chi connectivity index (χ1) is 14.5. The van der Waals surface area contributed by atoms with Crippen molar-refractivity contribution in [1.82, 2.24) is 10.3 Å². The number of hydrogen-bond acceptors (Lipinski definition) is 7. The van der Waals surface area contributed by atoms with Gasteiger partial charge in [0.2, 0.25) is 0 Å². The van der Waals surface area contributed by atoms with E-state index in [-0.39, 0.29) is 12.2 Å². The summed E-state index contributed by atoms with van der Waals surface area (Å²) < 4.78 is 15.0. The fourth-order valence-electron chi connectivity index (χ4n) is 2.78. The molecule has 0 aliphatic heterocycles. The minimum atomic E-state index is -0.899. The third kappa shape index (κ3) is 4.91. The van der Waals surface area contributed by atoms with Crippen LogP contribution in [-0.4, -0.2) is 43.3 Å². The van der Waals surface area contributed by atoms with Crippen molar-refractivity contribution in [3.8, 4) is 17.0 Å². The van der Waals surface area contributed by atoms with Crippen LogP contribution in [0.3, 0.4) is 0 Å². The molecular formula is C22H20N2O6. The van der Waals surface area contributed by atoms with Gasteiger partial charge in [-0.2, -0.15) is 0 Å². The maximum Gasteiger partial charge on any atom is 0.413 e. The van der Waals surface area contributed by atoms with Gasteiger partial charge in [0.15, 0.2) is 6.61 Å². The molecule has 2 amide bonds. The Labute approximate surface area is 172 Å². The molecule has 0 bridgehead atoms. The number of nitrogens with zero attached hydrogens (tertiary/aromatic N) is 1. The van der Waals surface area contributed by atoms with E-state index in [9.17, 15) is 14.4 Å². The van der Waals surface area contributed by atoms with Gasteiger partial charge in [-0.25, -0.2) is 14.6 Å². The average Bonchev–Trinajstić information content (AvgIpc) is 2.77. The Balaban J connectivity index is 1.91. The zero-order chi connectivity index (χ0) is 21.5. The van der Waals surface area contributed by atoms with Gasteiger partial charge in [-0.3, -0.25) is 10.1 Å². The van der Waals surface area contributed by atoms with Gasteiger partial charge < -0.3 is 14.2 Å². The van der Waals surface area contributed by atoms with Crippen LogP contribution >= 0.6 is 0 Å². The van der Waals surface area contributed by atoms with Crippen molar-refractivity contribution >= 4 is 28.9 Å². The number of pyridine rings is 1. The van der Waals surface area contributed by atoms with Crippen LogP contribution in [-0.2, 0) is 14.3 Å². The van der Waals surface area contributed by atoms with E-state index in [1.165, 1.54) is 7.11 Å². The monoisotopic (exact) mass is 408 g/mol. The molecule has 0 unspecified atom stereocenters. The minimum Gasteiger partial charge on any atom is -0.497 e. The van der Waals surface area contributed by atoms with Crippen molar-refractivity contribution in [2.45, 2.75) is 6.92 Å². The second kappa shape index (κ2) is 9.51. The molecule has 1 aromatic heterocycles. The molecule has 30 heavy (non-hydrogen) atoms. The normalized spacial score (nSPS) is 10.3. The lowest BCUT2D eigenvalue weighted by Crippen LogP contribution is -2.34. The molecule has 0 fully saturated rings. The lowest BCUT2D eigenvalue weighted by molar-refractivity contribution is -0.123. The number of methoxy groups -OCH3 is 1. The quantitative estimate of drug-likeness (QED) is 0.624. The van der Waals surface area contributed by atoms with Crippen LogP contribution in [0.2, 0.25) is 0 Å². The van der Waals surface area contributed by atoms with Crippen LogP contribution in [0.4, 0.5) is 4.79 Å². The Kier molecular flexibility index (Phi) is 6.59. The summed E-state index contributed by atoms with van der Waals surface area (Å²) in [5.74, 6) is -0.973. The number of nitrogens with one attached hydrogen (secondary N) is 1. The van der Waals surface area contributed by atoms with E-state index in [1.807, 2.05) is 35.6 Å². The summed E-state index contributed by atoms with van der Waals surface area (Å²) in [6.07, 6.45) is -0.899. The van der Waals surface area contributed by atoms with Gasteiger partial charge in [-0.1, -0.05) is 30.3 Å². The van der Waals surface area contributed by atoms with Crippen molar-refractivity contribution in [3.05, 3.63) is 60.2 Å². The first-order valence-corrected chi connectivity index (χ1v) is 9.19. The lowest BCUT2D eigenvalue weighted by Gasteiger charge is -2.11. The molecule has 0 saturated carbocycles. The van der Waals surface area contributed by atoms with Crippen molar-refractivity contribution in [2.75, 3.05) is 20.3 Å². The number of rotatable bonds is 6. The molecule has 0 aliphatic rings. The van der Waals surface area contributed by atoms with Gasteiger partial charge in [-0.05, 0) is 31.2 Å². The molecule has 0 atom stereocenters. The van der Waals surface area contributed by atoms with Gasteiger partial charge in [0, 0.05) is 10.9 Å². The first-order valence-electron chi connectivity index (χ1n) is 9.19. The highest BCUT2D eigenvalue weighted by Gasteiger charge is 2.18. The zero-order valence-electron chi connectivity index (χ0n) is 16.5. The molecule has 0 aliphatic carbocycles. The van der Waals surface area contributed by atoms with Crippen LogP contribution in [0.15, 0.2) is 54.6 Å². The highest BCUT2D eigenvalue weighted by molar-refractivity contribution is 6.05. The van der Waals surface area contributed by atoms with Crippen LogP contribution in [0.25, 0.3) is 22.2 Å². The Bertz CT molecular complexity index is 1080. The zero-order valence-corrected chi connectivity index (χ0v) is 16.5.